The lowest BCUT2D eigenvalue weighted by molar-refractivity contribution is 0.644. The fourth-order valence-corrected chi connectivity index (χ4v) is 1.48. The Balaban J connectivity index is 1.99. The van der Waals surface area contributed by atoms with Gasteiger partial charge in [-0.15, -0.1) is 0 Å². The van der Waals surface area contributed by atoms with Crippen LogP contribution in [0.25, 0.3) is 0 Å². The van der Waals surface area contributed by atoms with Crippen molar-refractivity contribution < 1.29 is 0 Å². The number of hydrogen-bond acceptors (Lipinski definition) is 0. The van der Waals surface area contributed by atoms with Crippen molar-refractivity contribution >= 4 is 0 Å². The van der Waals surface area contributed by atoms with E-state index in [1.807, 2.05) is 5.57 Å². The molecular weight excluding hydrogens is 96.1 g/mol. The van der Waals surface area contributed by atoms with Crippen molar-refractivity contribution in [1.82, 2.24) is 0 Å². The van der Waals surface area contributed by atoms with Crippen LogP contribution in [0.15, 0.2) is 11.1 Å². The average molecular weight is 108 g/mol. The van der Waals surface area contributed by atoms with Gasteiger partial charge < -0.3 is 0 Å². The summed E-state index contributed by atoms with van der Waals surface area (Å²) in [4.78, 5) is 0. The fraction of sp³-hybridized carbons (Fsp3) is 0.750. The maximum absolute atomic E-state index is 2.34. The second-order valence-electron chi connectivity index (χ2n) is 3.05. The maximum Gasteiger partial charge on any atom is 0.00533 e. The highest BCUT2D eigenvalue weighted by atomic mass is 14.6. The molecule has 0 nitrogen and oxygen atoms in total. The molecule has 0 spiro atoms. The number of allylic oxidation sites excluding steroid dienone is 2. The van der Waals surface area contributed by atoms with Crippen molar-refractivity contribution in [2.75, 3.05) is 0 Å². The summed E-state index contributed by atoms with van der Waals surface area (Å²) in [7, 11) is 0. The van der Waals surface area contributed by atoms with Gasteiger partial charge in [0.25, 0.3) is 0 Å². The van der Waals surface area contributed by atoms with Gasteiger partial charge in [-0.25, -0.2) is 0 Å². The third-order valence-electron chi connectivity index (χ3n) is 2.49. The quantitative estimate of drug-likeness (QED) is 0.476. The van der Waals surface area contributed by atoms with E-state index < -0.39 is 0 Å². The molecule has 0 aliphatic heterocycles. The van der Waals surface area contributed by atoms with Crippen molar-refractivity contribution in [3.05, 3.63) is 11.1 Å². The second kappa shape index (κ2) is 1.18. The highest BCUT2D eigenvalue weighted by Crippen LogP contribution is 2.64. The Morgan fingerprint density at radius 3 is 2.50 bits per heavy atom. The Kier molecular flexibility index (Phi) is 0.677. The van der Waals surface area contributed by atoms with Crippen LogP contribution < -0.4 is 0 Å². The summed E-state index contributed by atoms with van der Waals surface area (Å²) in [5, 5.41) is 0. The minimum atomic E-state index is 0.920. The van der Waals surface area contributed by atoms with Crippen molar-refractivity contribution in [3.63, 3.8) is 0 Å². The molecule has 2 aliphatic carbocycles. The van der Waals surface area contributed by atoms with Gasteiger partial charge >= 0.3 is 0 Å². The summed E-state index contributed by atoms with van der Waals surface area (Å²) in [5.41, 5.74) is 3.62. The normalized spacial score (nSPS) is 34.5. The Labute approximate surface area is 50.6 Å². The summed E-state index contributed by atoms with van der Waals surface area (Å²) in [6.45, 7) is 4.62. The first-order valence-electron chi connectivity index (χ1n) is 3.57. The molecule has 2 unspecified atom stereocenters. The number of hydrogen-bond donors (Lipinski definition) is 0. The van der Waals surface area contributed by atoms with Crippen molar-refractivity contribution in [2.45, 2.75) is 26.7 Å². The van der Waals surface area contributed by atoms with Crippen LogP contribution >= 0.6 is 0 Å². The largest absolute Gasteiger partial charge is 0.0648 e. The minimum absolute atomic E-state index is 0.920. The van der Waals surface area contributed by atoms with Crippen LogP contribution in [0.1, 0.15) is 26.7 Å². The predicted octanol–water partition coefficient (Wildman–Crippen LogP) is 2.36. The van der Waals surface area contributed by atoms with Gasteiger partial charge in [0.15, 0.2) is 0 Å². The molecule has 0 aromatic carbocycles. The Bertz CT molecular complexity index is 153. The molecule has 0 saturated heterocycles. The fourth-order valence-electron chi connectivity index (χ4n) is 1.48. The molecule has 8 heavy (non-hydrogen) atoms. The van der Waals surface area contributed by atoms with E-state index in [2.05, 4.69) is 13.8 Å². The highest BCUT2D eigenvalue weighted by molar-refractivity contribution is 5.56. The van der Waals surface area contributed by atoms with Gasteiger partial charge in [-0.05, 0) is 18.8 Å². The smallest absolute Gasteiger partial charge is 0.00533 e. The van der Waals surface area contributed by atoms with E-state index in [0.29, 0.717) is 0 Å². The zero-order chi connectivity index (χ0) is 5.72. The molecule has 0 aromatic rings. The Morgan fingerprint density at radius 2 is 2.38 bits per heavy atom. The van der Waals surface area contributed by atoms with Crippen LogP contribution in [0.4, 0.5) is 0 Å². The molecule has 1 saturated carbocycles. The number of fused-ring (bicyclic) bond motifs is 1. The summed E-state index contributed by atoms with van der Waals surface area (Å²) >= 11 is 0. The molecule has 0 amide bonds. The third-order valence-corrected chi connectivity index (χ3v) is 2.49. The van der Waals surface area contributed by atoms with Gasteiger partial charge in [0.05, 0.1) is 0 Å². The molecule has 0 aromatic heterocycles. The summed E-state index contributed by atoms with van der Waals surface area (Å²) in [6, 6.07) is 0. The first-order valence-corrected chi connectivity index (χ1v) is 3.57. The van der Waals surface area contributed by atoms with Crippen LogP contribution in [0, 0.1) is 11.8 Å². The molecule has 44 valence electrons. The topological polar surface area (TPSA) is 0 Å². The standard InChI is InChI=1S/C8H12/c1-3-5(2)8-6-4-7(6)8/h5-6H,3-4H2,1-2H3. The van der Waals surface area contributed by atoms with Gasteiger partial charge in [-0.3, -0.25) is 0 Å². The van der Waals surface area contributed by atoms with E-state index in [4.69, 9.17) is 0 Å². The minimum Gasteiger partial charge on any atom is -0.0648 e. The lowest BCUT2D eigenvalue weighted by Crippen LogP contribution is -1.91. The van der Waals surface area contributed by atoms with E-state index in [1.165, 1.54) is 12.8 Å². The molecule has 2 atom stereocenters. The van der Waals surface area contributed by atoms with E-state index >= 15 is 0 Å². The van der Waals surface area contributed by atoms with Gasteiger partial charge in [0.1, 0.15) is 0 Å². The molecule has 0 bridgehead atoms. The van der Waals surface area contributed by atoms with Crippen molar-refractivity contribution in [3.8, 4) is 0 Å². The average Bonchev–Trinajstić information content (AvgIpc) is 2.47. The van der Waals surface area contributed by atoms with E-state index in [9.17, 15) is 0 Å². The van der Waals surface area contributed by atoms with Crippen LogP contribution in [-0.4, -0.2) is 0 Å². The second-order valence-corrected chi connectivity index (χ2v) is 3.05. The molecule has 0 radical (unpaired) electrons. The van der Waals surface area contributed by atoms with E-state index in [-0.39, 0.29) is 0 Å². The zero-order valence-electron chi connectivity index (χ0n) is 5.57. The molecule has 1 fully saturated rings. The van der Waals surface area contributed by atoms with Gasteiger partial charge in [0, 0.05) is 5.92 Å². The van der Waals surface area contributed by atoms with E-state index in [1.54, 1.807) is 5.57 Å². The zero-order valence-corrected chi connectivity index (χ0v) is 5.57. The first-order chi connectivity index (χ1) is 3.84. The molecular formula is C8H12. The number of rotatable bonds is 2. The summed E-state index contributed by atoms with van der Waals surface area (Å²) in [6.07, 6.45) is 2.80. The van der Waals surface area contributed by atoms with Crippen LogP contribution in [0.5, 0.6) is 0 Å². The van der Waals surface area contributed by atoms with Gasteiger partial charge in [-0.1, -0.05) is 25.0 Å². The van der Waals surface area contributed by atoms with Gasteiger partial charge in [-0.2, -0.15) is 0 Å². The molecule has 0 heteroatoms. The van der Waals surface area contributed by atoms with Crippen LogP contribution in [0.3, 0.4) is 0 Å². The van der Waals surface area contributed by atoms with Crippen molar-refractivity contribution in [2.24, 2.45) is 11.8 Å². The predicted molar refractivity (Wildman–Crippen MR) is 34.6 cm³/mol. The molecule has 2 rings (SSSR count). The Hall–Kier alpha value is -0.260. The summed E-state index contributed by atoms with van der Waals surface area (Å²) in [5.74, 6) is 1.97. The molecule has 0 heterocycles. The third kappa shape index (κ3) is 0.410. The lowest BCUT2D eigenvalue weighted by Gasteiger charge is -2.03. The molecule has 2 aliphatic rings. The van der Waals surface area contributed by atoms with Crippen LogP contribution in [-0.2, 0) is 0 Å². The SMILES string of the molecule is CCC(C)C1=C2CC21. The highest BCUT2D eigenvalue weighted by Gasteiger charge is 2.51. The first kappa shape index (κ1) is 4.60. The van der Waals surface area contributed by atoms with Crippen molar-refractivity contribution in [1.29, 1.82) is 0 Å². The van der Waals surface area contributed by atoms with Gasteiger partial charge in [0.2, 0.25) is 0 Å². The lowest BCUT2D eigenvalue weighted by atomic mass is 10.0. The summed E-state index contributed by atoms with van der Waals surface area (Å²) < 4.78 is 0. The monoisotopic (exact) mass is 108 g/mol. The maximum atomic E-state index is 2.34. The van der Waals surface area contributed by atoms with Crippen LogP contribution in [0.2, 0.25) is 0 Å². The Morgan fingerprint density at radius 1 is 1.75 bits per heavy atom. The molecule has 0 N–H and O–H groups in total. The van der Waals surface area contributed by atoms with E-state index in [0.717, 1.165) is 11.8 Å².